The van der Waals surface area contributed by atoms with E-state index < -0.39 is 0 Å². The van der Waals surface area contributed by atoms with Crippen LogP contribution >= 0.6 is 0 Å². The van der Waals surface area contributed by atoms with Crippen LogP contribution in [-0.4, -0.2) is 62.7 Å². The summed E-state index contributed by atoms with van der Waals surface area (Å²) in [6, 6.07) is 1.46. The van der Waals surface area contributed by atoms with Crippen LogP contribution in [0.2, 0.25) is 0 Å². The fourth-order valence-corrected chi connectivity index (χ4v) is 2.36. The van der Waals surface area contributed by atoms with Crippen molar-refractivity contribution in [3.8, 4) is 0 Å². The molecule has 0 bridgehead atoms. The molecule has 3 heteroatoms. The number of piperazine rings is 1. The molecule has 0 aromatic carbocycles. The van der Waals surface area contributed by atoms with Gasteiger partial charge < -0.3 is 15.1 Å². The van der Waals surface area contributed by atoms with Crippen molar-refractivity contribution in [2.75, 3.05) is 40.8 Å². The van der Waals surface area contributed by atoms with Gasteiger partial charge in [-0.25, -0.2) is 0 Å². The Bertz CT molecular complexity index is 168. The average molecular weight is 213 g/mol. The van der Waals surface area contributed by atoms with Gasteiger partial charge in [-0.3, -0.25) is 0 Å². The summed E-state index contributed by atoms with van der Waals surface area (Å²) in [7, 11) is 6.66. The molecular weight excluding hydrogens is 186 g/mol. The quantitative estimate of drug-likeness (QED) is 0.735. The van der Waals surface area contributed by atoms with Crippen LogP contribution in [0.5, 0.6) is 0 Å². The highest BCUT2D eigenvalue weighted by atomic mass is 15.2. The van der Waals surface area contributed by atoms with Gasteiger partial charge >= 0.3 is 0 Å². The molecule has 1 aliphatic heterocycles. The van der Waals surface area contributed by atoms with Gasteiger partial charge in [0.25, 0.3) is 0 Å². The standard InChI is InChI=1S/C12H27N3/c1-5-6-11(14(2)3)9-12-10-13-7-8-15(12)4/h11-13H,5-10H2,1-4H3. The summed E-state index contributed by atoms with van der Waals surface area (Å²) in [5.41, 5.74) is 0. The SMILES string of the molecule is CCCC(CC1CNCCN1C)N(C)C. The third-order valence-electron chi connectivity index (χ3n) is 3.54. The van der Waals surface area contributed by atoms with E-state index in [0.29, 0.717) is 0 Å². The van der Waals surface area contributed by atoms with Gasteiger partial charge in [0, 0.05) is 31.7 Å². The number of hydrogen-bond acceptors (Lipinski definition) is 3. The van der Waals surface area contributed by atoms with Crippen LogP contribution in [-0.2, 0) is 0 Å². The monoisotopic (exact) mass is 213 g/mol. The molecule has 0 amide bonds. The lowest BCUT2D eigenvalue weighted by Crippen LogP contribution is -2.51. The van der Waals surface area contributed by atoms with Gasteiger partial charge in [0.05, 0.1) is 0 Å². The fraction of sp³-hybridized carbons (Fsp3) is 1.00. The van der Waals surface area contributed by atoms with E-state index in [2.05, 4.69) is 43.2 Å². The first-order valence-corrected chi connectivity index (χ1v) is 6.22. The summed E-state index contributed by atoms with van der Waals surface area (Å²) in [5, 5.41) is 3.49. The van der Waals surface area contributed by atoms with Gasteiger partial charge in [0.2, 0.25) is 0 Å². The zero-order chi connectivity index (χ0) is 11.3. The summed E-state index contributed by atoms with van der Waals surface area (Å²) in [6.45, 7) is 5.77. The molecule has 90 valence electrons. The van der Waals surface area contributed by atoms with Gasteiger partial charge in [-0.1, -0.05) is 13.3 Å². The average Bonchev–Trinajstić information content (AvgIpc) is 2.20. The number of nitrogens with one attached hydrogen (secondary N) is 1. The van der Waals surface area contributed by atoms with Crippen molar-refractivity contribution < 1.29 is 0 Å². The molecule has 0 spiro atoms. The molecule has 1 rings (SSSR count). The molecule has 2 atom stereocenters. The van der Waals surface area contributed by atoms with E-state index in [9.17, 15) is 0 Å². The minimum absolute atomic E-state index is 0.720. The molecule has 0 radical (unpaired) electrons. The second kappa shape index (κ2) is 6.46. The molecule has 0 saturated carbocycles. The van der Waals surface area contributed by atoms with E-state index in [1.165, 1.54) is 25.8 Å². The predicted molar refractivity (Wildman–Crippen MR) is 66.3 cm³/mol. The Kier molecular flexibility index (Phi) is 5.58. The lowest BCUT2D eigenvalue weighted by Gasteiger charge is -2.37. The zero-order valence-electron chi connectivity index (χ0n) is 10.8. The van der Waals surface area contributed by atoms with E-state index in [-0.39, 0.29) is 0 Å². The van der Waals surface area contributed by atoms with Crippen molar-refractivity contribution in [1.29, 1.82) is 0 Å². The molecule has 2 unspecified atom stereocenters. The molecule has 0 aliphatic carbocycles. The van der Waals surface area contributed by atoms with E-state index in [4.69, 9.17) is 0 Å². The highest BCUT2D eigenvalue weighted by Gasteiger charge is 2.23. The predicted octanol–water partition coefficient (Wildman–Crippen LogP) is 1.01. The third-order valence-corrected chi connectivity index (χ3v) is 3.54. The molecule has 1 fully saturated rings. The fourth-order valence-electron chi connectivity index (χ4n) is 2.36. The maximum atomic E-state index is 3.49. The van der Waals surface area contributed by atoms with Gasteiger partial charge in [0.15, 0.2) is 0 Å². The molecule has 1 saturated heterocycles. The smallest absolute Gasteiger partial charge is 0.0233 e. The Labute approximate surface area is 94.8 Å². The summed E-state index contributed by atoms with van der Waals surface area (Å²) in [4.78, 5) is 4.88. The van der Waals surface area contributed by atoms with E-state index >= 15 is 0 Å². The van der Waals surface area contributed by atoms with Crippen molar-refractivity contribution >= 4 is 0 Å². The Morgan fingerprint density at radius 3 is 2.73 bits per heavy atom. The lowest BCUT2D eigenvalue weighted by atomic mass is 10.00. The van der Waals surface area contributed by atoms with E-state index in [1.807, 2.05) is 0 Å². The molecule has 1 aliphatic rings. The van der Waals surface area contributed by atoms with Gasteiger partial charge in [-0.2, -0.15) is 0 Å². The highest BCUT2D eigenvalue weighted by Crippen LogP contribution is 2.14. The first-order valence-electron chi connectivity index (χ1n) is 6.22. The number of hydrogen-bond donors (Lipinski definition) is 1. The van der Waals surface area contributed by atoms with Gasteiger partial charge in [0.1, 0.15) is 0 Å². The van der Waals surface area contributed by atoms with Gasteiger partial charge in [-0.05, 0) is 34.0 Å². The molecule has 0 aromatic rings. The maximum absolute atomic E-state index is 3.49. The Balaban J connectivity index is 2.41. The van der Waals surface area contributed by atoms with Crippen LogP contribution in [0.1, 0.15) is 26.2 Å². The van der Waals surface area contributed by atoms with E-state index in [1.54, 1.807) is 0 Å². The molecule has 0 aromatic heterocycles. The van der Waals surface area contributed by atoms with Crippen LogP contribution in [0, 0.1) is 0 Å². The Morgan fingerprint density at radius 1 is 1.47 bits per heavy atom. The van der Waals surface area contributed by atoms with Crippen molar-refractivity contribution in [3.63, 3.8) is 0 Å². The molecule has 3 nitrogen and oxygen atoms in total. The van der Waals surface area contributed by atoms with Gasteiger partial charge in [-0.15, -0.1) is 0 Å². The second-order valence-electron chi connectivity index (χ2n) is 4.98. The molecule has 1 N–H and O–H groups in total. The lowest BCUT2D eigenvalue weighted by molar-refractivity contribution is 0.145. The van der Waals surface area contributed by atoms with Crippen molar-refractivity contribution in [2.45, 2.75) is 38.3 Å². The second-order valence-corrected chi connectivity index (χ2v) is 4.98. The minimum Gasteiger partial charge on any atom is -0.314 e. The molecule has 15 heavy (non-hydrogen) atoms. The van der Waals surface area contributed by atoms with Crippen LogP contribution in [0.4, 0.5) is 0 Å². The number of nitrogens with zero attached hydrogens (tertiary/aromatic N) is 2. The van der Waals surface area contributed by atoms with E-state index in [0.717, 1.165) is 25.2 Å². The first-order chi connectivity index (χ1) is 7.15. The Hall–Kier alpha value is -0.120. The maximum Gasteiger partial charge on any atom is 0.0233 e. The summed E-state index contributed by atoms with van der Waals surface area (Å²) in [6.07, 6.45) is 3.90. The topological polar surface area (TPSA) is 18.5 Å². The Morgan fingerprint density at radius 2 is 2.20 bits per heavy atom. The van der Waals surface area contributed by atoms with Crippen LogP contribution in [0.25, 0.3) is 0 Å². The minimum atomic E-state index is 0.720. The number of rotatable bonds is 5. The van der Waals surface area contributed by atoms with Crippen LogP contribution in [0.15, 0.2) is 0 Å². The summed E-state index contributed by atoms with van der Waals surface area (Å²) in [5.74, 6) is 0. The van der Waals surface area contributed by atoms with Crippen LogP contribution < -0.4 is 5.32 Å². The summed E-state index contributed by atoms with van der Waals surface area (Å²) < 4.78 is 0. The van der Waals surface area contributed by atoms with Crippen molar-refractivity contribution in [1.82, 2.24) is 15.1 Å². The normalized spacial score (nSPS) is 25.8. The third kappa shape index (κ3) is 4.09. The largest absolute Gasteiger partial charge is 0.314 e. The first kappa shape index (κ1) is 12.9. The summed E-state index contributed by atoms with van der Waals surface area (Å²) >= 11 is 0. The van der Waals surface area contributed by atoms with Crippen molar-refractivity contribution in [3.05, 3.63) is 0 Å². The van der Waals surface area contributed by atoms with Crippen LogP contribution in [0.3, 0.4) is 0 Å². The number of likely N-dealkylation sites (N-methyl/N-ethyl adjacent to an activating group) is 1. The van der Waals surface area contributed by atoms with Crippen molar-refractivity contribution in [2.24, 2.45) is 0 Å². The highest BCUT2D eigenvalue weighted by molar-refractivity contribution is 4.82. The zero-order valence-corrected chi connectivity index (χ0v) is 10.8. The molecular formula is C12H27N3. The molecule has 1 heterocycles.